The lowest BCUT2D eigenvalue weighted by atomic mass is 9.41. The van der Waals surface area contributed by atoms with Crippen LogP contribution in [0.15, 0.2) is 11.6 Å². The number of hydrogen-bond acceptors (Lipinski definition) is 3. The molecule has 1 saturated heterocycles. The van der Waals surface area contributed by atoms with Crippen molar-refractivity contribution in [1.82, 2.24) is 0 Å². The number of allylic oxidation sites excluding steroid dienone is 2. The molecule has 3 saturated carbocycles. The molecule has 4 aliphatic carbocycles. The van der Waals surface area contributed by atoms with Crippen molar-refractivity contribution in [3.63, 3.8) is 0 Å². The van der Waals surface area contributed by atoms with Gasteiger partial charge in [0.1, 0.15) is 6.10 Å². The molecule has 1 heterocycles. The second-order valence-electron chi connectivity index (χ2n) is 14.4. The van der Waals surface area contributed by atoms with Gasteiger partial charge < -0.3 is 9.47 Å². The highest BCUT2D eigenvalue weighted by Crippen LogP contribution is 2.73. The van der Waals surface area contributed by atoms with Crippen LogP contribution in [0, 0.1) is 51.2 Å². The minimum atomic E-state index is 0.0152. The lowest BCUT2D eigenvalue weighted by Gasteiger charge is -2.64. The molecule has 0 N–H and O–H groups in total. The quantitative estimate of drug-likeness (QED) is 0.314. The first-order valence-corrected chi connectivity index (χ1v) is 14.3. The number of hydrogen-bond donors (Lipinski definition) is 0. The summed E-state index contributed by atoms with van der Waals surface area (Å²) in [5, 5.41) is 0. The smallest absolute Gasteiger partial charge is 0.309 e. The summed E-state index contributed by atoms with van der Waals surface area (Å²) in [7, 11) is 1.92. The largest absolute Gasteiger partial charge is 0.462 e. The van der Waals surface area contributed by atoms with Gasteiger partial charge in [-0.3, -0.25) is 4.79 Å². The van der Waals surface area contributed by atoms with E-state index >= 15 is 0 Å². The molecular formula is C31H50O3. The summed E-state index contributed by atoms with van der Waals surface area (Å²) in [6, 6.07) is 0. The van der Waals surface area contributed by atoms with Crippen molar-refractivity contribution < 1.29 is 14.3 Å². The highest BCUT2D eigenvalue weighted by atomic mass is 16.5. The molecule has 0 bridgehead atoms. The fraction of sp³-hybridized carbons (Fsp3) is 0.903. The third kappa shape index (κ3) is 3.27. The van der Waals surface area contributed by atoms with Crippen LogP contribution in [0.4, 0.5) is 0 Å². The second-order valence-corrected chi connectivity index (χ2v) is 14.4. The first-order valence-electron chi connectivity index (χ1n) is 14.3. The predicted octanol–water partition coefficient (Wildman–Crippen LogP) is 7.58. The number of carbonyl (C=O) groups excluding carboxylic acids is 1. The maximum atomic E-state index is 12.0. The normalized spacial score (nSPS) is 50.6. The van der Waals surface area contributed by atoms with Crippen LogP contribution in [-0.4, -0.2) is 25.3 Å². The van der Waals surface area contributed by atoms with Crippen LogP contribution in [0.1, 0.15) is 106 Å². The molecule has 0 radical (unpaired) electrons. The van der Waals surface area contributed by atoms with E-state index in [-0.39, 0.29) is 23.4 Å². The molecule has 5 aliphatic rings. The van der Waals surface area contributed by atoms with Gasteiger partial charge >= 0.3 is 5.97 Å². The lowest BCUT2D eigenvalue weighted by molar-refractivity contribution is -0.145. The zero-order chi connectivity index (χ0) is 24.7. The fourth-order valence-electron chi connectivity index (χ4n) is 10.6. The molecule has 0 amide bonds. The van der Waals surface area contributed by atoms with E-state index in [9.17, 15) is 4.79 Å². The minimum Gasteiger partial charge on any atom is -0.462 e. The van der Waals surface area contributed by atoms with E-state index < -0.39 is 0 Å². The Morgan fingerprint density at radius 1 is 1.09 bits per heavy atom. The van der Waals surface area contributed by atoms with Crippen molar-refractivity contribution in [2.24, 2.45) is 51.2 Å². The Kier molecular flexibility index (Phi) is 5.91. The summed E-state index contributed by atoms with van der Waals surface area (Å²) in [6.45, 7) is 17.3. The molecule has 5 rings (SSSR count). The van der Waals surface area contributed by atoms with Crippen molar-refractivity contribution in [2.75, 3.05) is 7.11 Å². The highest BCUT2D eigenvalue weighted by molar-refractivity contribution is 5.74. The maximum absolute atomic E-state index is 12.0. The van der Waals surface area contributed by atoms with E-state index in [1.54, 1.807) is 0 Å². The lowest BCUT2D eigenvalue weighted by Crippen LogP contribution is -2.58. The summed E-state index contributed by atoms with van der Waals surface area (Å²) in [6.07, 6.45) is 14.3. The number of carbonyl (C=O) groups is 1. The van der Waals surface area contributed by atoms with Crippen LogP contribution in [0.2, 0.25) is 0 Å². The molecule has 0 spiro atoms. The van der Waals surface area contributed by atoms with Crippen LogP contribution < -0.4 is 0 Å². The number of methoxy groups -OCH3 is 1. The van der Waals surface area contributed by atoms with Crippen molar-refractivity contribution in [2.45, 2.75) is 118 Å². The van der Waals surface area contributed by atoms with Crippen molar-refractivity contribution in [1.29, 1.82) is 0 Å². The van der Waals surface area contributed by atoms with E-state index in [1.165, 1.54) is 44.9 Å². The average Bonchev–Trinajstić information content (AvgIpc) is 3.22. The van der Waals surface area contributed by atoms with Gasteiger partial charge in [0, 0.05) is 7.11 Å². The Morgan fingerprint density at radius 2 is 1.82 bits per heavy atom. The first-order chi connectivity index (χ1) is 15.9. The van der Waals surface area contributed by atoms with Gasteiger partial charge in [0.05, 0.1) is 12.0 Å². The predicted molar refractivity (Wildman–Crippen MR) is 137 cm³/mol. The van der Waals surface area contributed by atoms with Crippen molar-refractivity contribution in [3.8, 4) is 0 Å². The Labute approximate surface area is 208 Å². The third-order valence-corrected chi connectivity index (χ3v) is 12.7. The monoisotopic (exact) mass is 470 g/mol. The molecule has 3 nitrogen and oxygen atoms in total. The van der Waals surface area contributed by atoms with E-state index in [0.717, 1.165) is 24.7 Å². The number of ether oxygens (including phenoxy) is 2. The van der Waals surface area contributed by atoms with Crippen LogP contribution in [-0.2, 0) is 14.3 Å². The van der Waals surface area contributed by atoms with Crippen molar-refractivity contribution in [3.05, 3.63) is 11.6 Å². The molecule has 0 aromatic heterocycles. The van der Waals surface area contributed by atoms with Crippen molar-refractivity contribution >= 4 is 5.97 Å². The molecular weight excluding hydrogens is 420 g/mol. The van der Waals surface area contributed by atoms with E-state index in [1.807, 2.05) is 19.6 Å². The molecule has 0 aromatic carbocycles. The van der Waals surface area contributed by atoms with Crippen LogP contribution in [0.3, 0.4) is 0 Å². The van der Waals surface area contributed by atoms with Gasteiger partial charge in [-0.15, -0.1) is 0 Å². The topological polar surface area (TPSA) is 35.5 Å². The molecule has 10 atom stereocenters. The number of esters is 1. The maximum Gasteiger partial charge on any atom is 0.309 e. The van der Waals surface area contributed by atoms with Gasteiger partial charge in [0.15, 0.2) is 0 Å². The molecule has 10 unspecified atom stereocenters. The number of rotatable bonds is 4. The Hall–Kier alpha value is -0.830. The third-order valence-electron chi connectivity index (χ3n) is 12.7. The minimum absolute atomic E-state index is 0.0152. The molecule has 1 aliphatic heterocycles. The second kappa shape index (κ2) is 8.09. The van der Waals surface area contributed by atoms with Crippen LogP contribution in [0.5, 0.6) is 0 Å². The summed E-state index contributed by atoms with van der Waals surface area (Å²) in [5.41, 5.74) is 3.11. The SMILES string of the molecule is COC1CCC2(C)C3CCC4(C)C(C(C)CC5CC(C)C(=O)O5)CCC4(C)C3=CCC2C1(C)C. The first kappa shape index (κ1) is 24.8. The standard InChI is InChI=1S/C31H50O3/c1-19(17-21-18-20(2)27(32)34-21)22-11-15-31(7)24-9-10-25-28(3,4)26(33-8)13-14-29(25,5)23(24)12-16-30(22,31)6/h9,19-23,25-26H,10-18H2,1-8H3. The van der Waals surface area contributed by atoms with Gasteiger partial charge in [-0.1, -0.05) is 60.1 Å². The zero-order valence-corrected chi connectivity index (χ0v) is 23.2. The molecule has 34 heavy (non-hydrogen) atoms. The van der Waals surface area contributed by atoms with Gasteiger partial charge in [0.25, 0.3) is 0 Å². The number of fused-ring (bicyclic) bond motifs is 5. The molecule has 4 fully saturated rings. The van der Waals surface area contributed by atoms with Gasteiger partial charge in [-0.2, -0.15) is 0 Å². The Balaban J connectivity index is 1.40. The Bertz CT molecular complexity index is 859. The van der Waals surface area contributed by atoms with E-state index in [0.29, 0.717) is 34.2 Å². The van der Waals surface area contributed by atoms with Crippen LogP contribution >= 0.6 is 0 Å². The number of cyclic esters (lactones) is 1. The van der Waals surface area contributed by atoms with Gasteiger partial charge in [0.2, 0.25) is 0 Å². The fourth-order valence-corrected chi connectivity index (χ4v) is 10.6. The summed E-state index contributed by atoms with van der Waals surface area (Å²) in [4.78, 5) is 12.0. The van der Waals surface area contributed by atoms with E-state index in [2.05, 4.69) is 47.6 Å². The van der Waals surface area contributed by atoms with Gasteiger partial charge in [-0.05, 0) is 103 Å². The Morgan fingerprint density at radius 3 is 2.47 bits per heavy atom. The summed E-state index contributed by atoms with van der Waals surface area (Å²) >= 11 is 0. The highest BCUT2D eigenvalue weighted by Gasteiger charge is 2.65. The summed E-state index contributed by atoms with van der Waals surface area (Å²) < 4.78 is 11.7. The summed E-state index contributed by atoms with van der Waals surface area (Å²) in [5.74, 6) is 2.86. The molecule has 0 aromatic rings. The molecule has 3 heteroatoms. The van der Waals surface area contributed by atoms with E-state index in [4.69, 9.17) is 9.47 Å². The zero-order valence-electron chi connectivity index (χ0n) is 23.2. The van der Waals surface area contributed by atoms with Crippen LogP contribution in [0.25, 0.3) is 0 Å². The molecule has 192 valence electrons. The van der Waals surface area contributed by atoms with Gasteiger partial charge in [-0.25, -0.2) is 0 Å². The average molecular weight is 471 g/mol.